The number of hydrogen-bond acceptors (Lipinski definition) is 5. The van der Waals surface area contributed by atoms with Gasteiger partial charge in [0.05, 0.1) is 25.3 Å². The summed E-state index contributed by atoms with van der Waals surface area (Å²) >= 11 is 0. The van der Waals surface area contributed by atoms with Crippen molar-refractivity contribution in [2.45, 2.75) is 46.5 Å². The number of anilines is 1. The van der Waals surface area contributed by atoms with E-state index in [2.05, 4.69) is 19.2 Å². The molecule has 0 radical (unpaired) electrons. The number of carbonyl (C=O) groups is 2. The van der Waals surface area contributed by atoms with Crippen LogP contribution in [0.4, 0.5) is 5.69 Å². The van der Waals surface area contributed by atoms with E-state index in [0.717, 1.165) is 23.4 Å². The molecule has 34 heavy (non-hydrogen) atoms. The summed E-state index contributed by atoms with van der Waals surface area (Å²) in [5.74, 6) is 0.315. The Labute approximate surface area is 201 Å². The molecule has 1 N–H and O–H groups in total. The Kier molecular flexibility index (Phi) is 6.60. The van der Waals surface area contributed by atoms with Crippen LogP contribution in [0.25, 0.3) is 0 Å². The minimum atomic E-state index is -0.451. The fourth-order valence-corrected chi connectivity index (χ4v) is 5.13. The van der Waals surface area contributed by atoms with Gasteiger partial charge >= 0.3 is 0 Å². The van der Waals surface area contributed by atoms with Crippen molar-refractivity contribution < 1.29 is 19.1 Å². The predicted octanol–water partition coefficient (Wildman–Crippen LogP) is 5.55. The Bertz CT molecular complexity index is 1160. The predicted molar refractivity (Wildman–Crippen MR) is 134 cm³/mol. The number of allylic oxidation sites excluding steroid dienone is 1. The van der Waals surface area contributed by atoms with Gasteiger partial charge in [0.25, 0.3) is 5.91 Å². The number of Topliss-reactive ketones (excluding diaryl/α,β-unsaturated/α-hetero) is 1. The number of para-hydroxylation sites is 2. The molecule has 1 aliphatic heterocycles. The molecule has 0 spiro atoms. The van der Waals surface area contributed by atoms with Gasteiger partial charge in [0.2, 0.25) is 0 Å². The molecule has 1 aliphatic carbocycles. The largest absolute Gasteiger partial charge is 0.495 e. The van der Waals surface area contributed by atoms with Gasteiger partial charge in [-0.1, -0.05) is 38.1 Å². The third-order valence-electron chi connectivity index (χ3n) is 6.51. The third-order valence-corrected chi connectivity index (χ3v) is 6.51. The van der Waals surface area contributed by atoms with E-state index < -0.39 is 11.8 Å². The Morgan fingerprint density at radius 2 is 1.79 bits per heavy atom. The van der Waals surface area contributed by atoms with E-state index in [0.29, 0.717) is 35.7 Å². The first-order valence-electron chi connectivity index (χ1n) is 11.7. The standard InChI is InChI=1S/C28H32N2O4/c1-6-34-19-13-11-18(12-14-19)25-24(27(32)30-20-9-7-8-10-23(20)33-5)17(2)29-21-15-28(3,4)16-22(31)26(21)25/h7-14,25-26H,6,15-16H2,1-5H3,(H,30,32)/t25-,26?/m1/s1. The maximum absolute atomic E-state index is 13.7. The summed E-state index contributed by atoms with van der Waals surface area (Å²) in [5.41, 5.74) is 3.35. The number of nitrogens with one attached hydrogen (secondary N) is 1. The van der Waals surface area contributed by atoms with Crippen molar-refractivity contribution >= 4 is 23.1 Å². The first kappa shape index (κ1) is 23.7. The van der Waals surface area contributed by atoms with Gasteiger partial charge in [-0.15, -0.1) is 0 Å². The summed E-state index contributed by atoms with van der Waals surface area (Å²) in [7, 11) is 1.57. The van der Waals surface area contributed by atoms with Crippen LogP contribution in [0.15, 0.2) is 64.8 Å². The molecule has 1 saturated carbocycles. The van der Waals surface area contributed by atoms with Crippen molar-refractivity contribution in [3.8, 4) is 11.5 Å². The van der Waals surface area contributed by atoms with E-state index >= 15 is 0 Å². The minimum absolute atomic E-state index is 0.129. The second-order valence-corrected chi connectivity index (χ2v) is 9.70. The van der Waals surface area contributed by atoms with Crippen LogP contribution in [0, 0.1) is 11.3 Å². The molecular formula is C28H32N2O4. The fourth-order valence-electron chi connectivity index (χ4n) is 5.13. The molecule has 0 saturated heterocycles. The maximum Gasteiger partial charge on any atom is 0.254 e. The average molecular weight is 461 g/mol. The highest BCUT2D eigenvalue weighted by Crippen LogP contribution is 2.47. The Hall–Kier alpha value is -3.41. The Balaban J connectivity index is 1.79. The number of hydrogen-bond donors (Lipinski definition) is 1. The van der Waals surface area contributed by atoms with Crippen LogP contribution in [-0.2, 0) is 9.59 Å². The van der Waals surface area contributed by atoms with Crippen LogP contribution in [0.1, 0.15) is 52.0 Å². The topological polar surface area (TPSA) is 77.0 Å². The Morgan fingerprint density at radius 1 is 1.09 bits per heavy atom. The molecule has 2 aromatic rings. The molecule has 178 valence electrons. The highest BCUT2D eigenvalue weighted by Gasteiger charge is 2.47. The lowest BCUT2D eigenvalue weighted by Gasteiger charge is -2.41. The van der Waals surface area contributed by atoms with Crippen LogP contribution in [0.2, 0.25) is 0 Å². The molecule has 1 amide bonds. The summed E-state index contributed by atoms with van der Waals surface area (Å²) < 4.78 is 11.0. The van der Waals surface area contributed by atoms with Gasteiger partial charge in [0.1, 0.15) is 17.3 Å². The van der Waals surface area contributed by atoms with E-state index in [1.54, 1.807) is 19.2 Å². The second kappa shape index (κ2) is 9.45. The van der Waals surface area contributed by atoms with Crippen molar-refractivity contribution in [3.63, 3.8) is 0 Å². The second-order valence-electron chi connectivity index (χ2n) is 9.70. The lowest BCUT2D eigenvalue weighted by atomic mass is 9.63. The molecular weight excluding hydrogens is 428 g/mol. The number of ether oxygens (including phenoxy) is 2. The van der Waals surface area contributed by atoms with Crippen LogP contribution in [0.5, 0.6) is 11.5 Å². The van der Waals surface area contributed by atoms with Crippen LogP contribution in [0.3, 0.4) is 0 Å². The quantitative estimate of drug-likeness (QED) is 0.613. The summed E-state index contributed by atoms with van der Waals surface area (Å²) in [5, 5.41) is 2.99. The normalized spacial score (nSPS) is 21.4. The Morgan fingerprint density at radius 3 is 2.47 bits per heavy atom. The number of benzene rings is 2. The van der Waals surface area contributed by atoms with Crippen LogP contribution >= 0.6 is 0 Å². The zero-order chi connectivity index (χ0) is 24.5. The molecule has 1 unspecified atom stereocenters. The molecule has 6 heteroatoms. The first-order valence-corrected chi connectivity index (χ1v) is 11.7. The molecule has 6 nitrogen and oxygen atoms in total. The van der Waals surface area contributed by atoms with Gasteiger partial charge in [-0.2, -0.15) is 0 Å². The van der Waals surface area contributed by atoms with E-state index in [9.17, 15) is 9.59 Å². The molecule has 2 aromatic carbocycles. The first-order chi connectivity index (χ1) is 16.2. The number of nitrogens with zero attached hydrogens (tertiary/aromatic N) is 1. The zero-order valence-corrected chi connectivity index (χ0v) is 20.5. The van der Waals surface area contributed by atoms with Gasteiger partial charge in [-0.25, -0.2) is 0 Å². The SMILES string of the molecule is CCOc1ccc([C@@H]2C(C(=O)Nc3ccccc3OC)=C(C)N=C3CC(C)(C)CC(=O)C32)cc1. The van der Waals surface area contributed by atoms with E-state index in [-0.39, 0.29) is 17.1 Å². The number of aliphatic imine (C=N–C) groups is 1. The molecule has 1 fully saturated rings. The summed E-state index contributed by atoms with van der Waals surface area (Å²) in [4.78, 5) is 31.9. The average Bonchev–Trinajstić information content (AvgIpc) is 2.78. The molecule has 2 aliphatic rings. The van der Waals surface area contributed by atoms with Gasteiger partial charge in [0, 0.05) is 29.3 Å². The summed E-state index contributed by atoms with van der Waals surface area (Å²) in [6.45, 7) is 8.55. The van der Waals surface area contributed by atoms with Gasteiger partial charge in [-0.3, -0.25) is 14.6 Å². The van der Waals surface area contributed by atoms with Crippen molar-refractivity contribution in [2.24, 2.45) is 16.3 Å². The monoisotopic (exact) mass is 460 g/mol. The fraction of sp³-hybridized carbons (Fsp3) is 0.393. The molecule has 4 rings (SSSR count). The molecule has 1 heterocycles. The van der Waals surface area contributed by atoms with Crippen molar-refractivity contribution in [1.82, 2.24) is 0 Å². The van der Waals surface area contributed by atoms with E-state index in [4.69, 9.17) is 14.5 Å². The van der Waals surface area contributed by atoms with Gasteiger partial charge < -0.3 is 14.8 Å². The maximum atomic E-state index is 13.7. The van der Waals surface area contributed by atoms with Crippen molar-refractivity contribution in [1.29, 1.82) is 0 Å². The highest BCUT2D eigenvalue weighted by atomic mass is 16.5. The smallest absolute Gasteiger partial charge is 0.254 e. The number of rotatable bonds is 6. The van der Waals surface area contributed by atoms with Gasteiger partial charge in [-0.05, 0) is 55.5 Å². The lowest BCUT2D eigenvalue weighted by molar-refractivity contribution is -0.124. The summed E-state index contributed by atoms with van der Waals surface area (Å²) in [6, 6.07) is 15.0. The third kappa shape index (κ3) is 4.63. The van der Waals surface area contributed by atoms with E-state index in [1.807, 2.05) is 50.2 Å². The molecule has 0 aromatic heterocycles. The highest BCUT2D eigenvalue weighted by molar-refractivity contribution is 6.14. The number of carbonyl (C=O) groups excluding carboxylic acids is 2. The zero-order valence-electron chi connectivity index (χ0n) is 20.5. The van der Waals surface area contributed by atoms with Gasteiger partial charge in [0.15, 0.2) is 0 Å². The number of ketones is 1. The minimum Gasteiger partial charge on any atom is -0.495 e. The summed E-state index contributed by atoms with van der Waals surface area (Å²) in [6.07, 6.45) is 1.19. The lowest BCUT2D eigenvalue weighted by Crippen LogP contribution is -2.44. The van der Waals surface area contributed by atoms with E-state index in [1.165, 1.54) is 0 Å². The van der Waals surface area contributed by atoms with Crippen LogP contribution < -0.4 is 14.8 Å². The number of fused-ring (bicyclic) bond motifs is 1. The molecule has 0 bridgehead atoms. The number of amides is 1. The van der Waals surface area contributed by atoms with Crippen LogP contribution in [-0.4, -0.2) is 31.1 Å². The number of methoxy groups -OCH3 is 1. The van der Waals surface area contributed by atoms with Crippen molar-refractivity contribution in [2.75, 3.05) is 19.0 Å². The van der Waals surface area contributed by atoms with Crippen molar-refractivity contribution in [3.05, 3.63) is 65.4 Å². The molecule has 2 atom stereocenters.